The van der Waals surface area contributed by atoms with Crippen LogP contribution in [0.3, 0.4) is 0 Å². The van der Waals surface area contributed by atoms with E-state index in [0.717, 1.165) is 16.5 Å². The van der Waals surface area contributed by atoms with Crippen LogP contribution in [0.25, 0.3) is 11.0 Å². The zero-order valence-electron chi connectivity index (χ0n) is 15.9. The third kappa shape index (κ3) is 5.31. The van der Waals surface area contributed by atoms with Gasteiger partial charge in [0.15, 0.2) is 6.61 Å². The van der Waals surface area contributed by atoms with E-state index in [4.69, 9.17) is 9.15 Å². The Morgan fingerprint density at radius 2 is 1.79 bits per heavy atom. The maximum Gasteiger partial charge on any atom is 0.387 e. The summed E-state index contributed by atoms with van der Waals surface area (Å²) in [6.07, 6.45) is 0. The first kappa shape index (κ1) is 20.3. The van der Waals surface area contributed by atoms with Gasteiger partial charge in [-0.2, -0.15) is 8.78 Å². The lowest BCUT2D eigenvalue weighted by Crippen LogP contribution is -2.30. The fraction of sp³-hybridized carbons (Fsp3) is 0.238. The fourth-order valence-corrected chi connectivity index (χ4v) is 2.79. The van der Waals surface area contributed by atoms with Gasteiger partial charge in [0.05, 0.1) is 0 Å². The Hall–Kier alpha value is -3.42. The maximum absolute atomic E-state index is 12.3. The normalized spacial score (nSPS) is 10.9. The summed E-state index contributed by atoms with van der Waals surface area (Å²) in [5.74, 6) is 0.185. The van der Waals surface area contributed by atoms with Crippen LogP contribution in [-0.2, 0) is 11.3 Å². The molecule has 3 aromatic rings. The van der Waals surface area contributed by atoms with Gasteiger partial charge in [0.2, 0.25) is 0 Å². The number of likely N-dealkylation sites (N-methyl/N-ethyl adjacent to an activating group) is 1. The van der Waals surface area contributed by atoms with Gasteiger partial charge in [-0.1, -0.05) is 12.1 Å². The highest BCUT2D eigenvalue weighted by Crippen LogP contribution is 2.22. The lowest BCUT2D eigenvalue weighted by Gasteiger charge is -2.18. The van der Waals surface area contributed by atoms with Gasteiger partial charge in [-0.25, -0.2) is 4.79 Å². The molecule has 1 amide bonds. The number of nitrogens with zero attached hydrogens (tertiary/aromatic N) is 1. The largest absolute Gasteiger partial charge is 0.484 e. The average molecular weight is 403 g/mol. The molecule has 2 aromatic carbocycles. The summed E-state index contributed by atoms with van der Waals surface area (Å²) in [4.78, 5) is 25.3. The van der Waals surface area contributed by atoms with Crippen LogP contribution in [0, 0.1) is 6.92 Å². The predicted molar refractivity (Wildman–Crippen MR) is 102 cm³/mol. The molecule has 0 aliphatic carbocycles. The van der Waals surface area contributed by atoms with E-state index in [0.29, 0.717) is 11.3 Å². The second-order valence-electron chi connectivity index (χ2n) is 6.47. The quantitative estimate of drug-likeness (QED) is 0.562. The first-order chi connectivity index (χ1) is 13.8. The number of carbonyl (C=O) groups is 1. The SMILES string of the molecule is Cc1cc(=O)oc2cc(OCC(=O)N(C)Cc3ccc(OC(F)F)cc3)ccc12. The Labute approximate surface area is 165 Å². The molecule has 3 rings (SSSR count). The van der Waals surface area contributed by atoms with E-state index < -0.39 is 12.2 Å². The highest BCUT2D eigenvalue weighted by Gasteiger charge is 2.12. The summed E-state index contributed by atoms with van der Waals surface area (Å²) < 4.78 is 39.3. The molecule has 0 aliphatic rings. The Kier molecular flexibility index (Phi) is 6.11. The van der Waals surface area contributed by atoms with Gasteiger partial charge < -0.3 is 18.8 Å². The molecule has 29 heavy (non-hydrogen) atoms. The third-order valence-electron chi connectivity index (χ3n) is 4.28. The molecule has 0 bridgehead atoms. The van der Waals surface area contributed by atoms with Crippen LogP contribution in [0.15, 0.2) is 57.7 Å². The van der Waals surface area contributed by atoms with E-state index in [2.05, 4.69) is 4.74 Å². The Bertz CT molecular complexity index is 1060. The van der Waals surface area contributed by atoms with E-state index in [1.807, 2.05) is 6.92 Å². The Morgan fingerprint density at radius 3 is 2.48 bits per heavy atom. The summed E-state index contributed by atoms with van der Waals surface area (Å²) in [6, 6.07) is 12.5. The van der Waals surface area contributed by atoms with Gasteiger partial charge in [-0.05, 0) is 42.3 Å². The first-order valence-electron chi connectivity index (χ1n) is 8.77. The molecule has 8 heteroatoms. The van der Waals surface area contributed by atoms with Crippen LogP contribution in [0.5, 0.6) is 11.5 Å². The second-order valence-corrected chi connectivity index (χ2v) is 6.47. The smallest absolute Gasteiger partial charge is 0.387 e. The molecular formula is C21H19F2NO5. The maximum atomic E-state index is 12.3. The summed E-state index contributed by atoms with van der Waals surface area (Å²) in [5, 5.41) is 0.791. The zero-order chi connectivity index (χ0) is 21.0. The van der Waals surface area contributed by atoms with Crippen molar-refractivity contribution in [2.75, 3.05) is 13.7 Å². The lowest BCUT2D eigenvalue weighted by molar-refractivity contribution is -0.132. The highest BCUT2D eigenvalue weighted by molar-refractivity contribution is 5.81. The Balaban J connectivity index is 1.58. The van der Waals surface area contributed by atoms with Crippen LogP contribution in [-0.4, -0.2) is 31.1 Å². The minimum absolute atomic E-state index is 0.0549. The molecular weight excluding hydrogens is 384 g/mol. The minimum Gasteiger partial charge on any atom is -0.484 e. The number of hydrogen-bond acceptors (Lipinski definition) is 5. The molecule has 0 radical (unpaired) electrons. The van der Waals surface area contributed by atoms with Gasteiger partial charge in [-0.15, -0.1) is 0 Å². The van der Waals surface area contributed by atoms with Crippen LogP contribution >= 0.6 is 0 Å². The molecule has 0 saturated carbocycles. The third-order valence-corrected chi connectivity index (χ3v) is 4.28. The number of amides is 1. The summed E-state index contributed by atoms with van der Waals surface area (Å²) in [5.41, 5.74) is 1.49. The summed E-state index contributed by atoms with van der Waals surface area (Å²) >= 11 is 0. The number of rotatable bonds is 7. The molecule has 0 unspecified atom stereocenters. The van der Waals surface area contributed by atoms with E-state index in [1.165, 1.54) is 23.1 Å². The van der Waals surface area contributed by atoms with Crippen LogP contribution in [0.2, 0.25) is 0 Å². The minimum atomic E-state index is -2.88. The number of aryl methyl sites for hydroxylation is 1. The molecule has 6 nitrogen and oxygen atoms in total. The van der Waals surface area contributed by atoms with Crippen LogP contribution in [0.1, 0.15) is 11.1 Å². The number of benzene rings is 2. The van der Waals surface area contributed by atoms with Crippen molar-refractivity contribution in [2.24, 2.45) is 0 Å². The average Bonchev–Trinajstić information content (AvgIpc) is 2.66. The number of carbonyl (C=O) groups excluding carboxylic acids is 1. The van der Waals surface area contributed by atoms with Crippen molar-refractivity contribution in [2.45, 2.75) is 20.1 Å². The molecule has 0 atom stereocenters. The predicted octanol–water partition coefficient (Wildman–Crippen LogP) is 3.74. The van der Waals surface area contributed by atoms with Crippen molar-refractivity contribution in [1.29, 1.82) is 0 Å². The molecule has 0 spiro atoms. The molecule has 0 aliphatic heterocycles. The molecule has 0 saturated heterocycles. The number of hydrogen-bond donors (Lipinski definition) is 0. The summed E-state index contributed by atoms with van der Waals surface area (Å²) in [7, 11) is 1.61. The standard InChI is InChI=1S/C21H19F2NO5/c1-13-9-20(26)29-18-10-16(7-8-17(13)18)27-12-19(25)24(2)11-14-3-5-15(6-4-14)28-21(22)23/h3-10,21H,11-12H2,1-2H3. The zero-order valence-corrected chi connectivity index (χ0v) is 15.9. The summed E-state index contributed by atoms with van der Waals surface area (Å²) in [6.45, 7) is -0.993. The van der Waals surface area contributed by atoms with Crippen molar-refractivity contribution >= 4 is 16.9 Å². The molecule has 1 heterocycles. The van der Waals surface area contributed by atoms with Gasteiger partial charge in [0.25, 0.3) is 5.91 Å². The van der Waals surface area contributed by atoms with Crippen LogP contribution in [0.4, 0.5) is 8.78 Å². The van der Waals surface area contributed by atoms with Gasteiger partial charge >= 0.3 is 12.2 Å². The van der Waals surface area contributed by atoms with Gasteiger partial charge in [0.1, 0.15) is 17.1 Å². The van der Waals surface area contributed by atoms with Crippen molar-refractivity contribution in [1.82, 2.24) is 4.90 Å². The second kappa shape index (κ2) is 8.72. The molecule has 0 N–H and O–H groups in total. The van der Waals surface area contributed by atoms with Gasteiger partial charge in [-0.3, -0.25) is 4.79 Å². The van der Waals surface area contributed by atoms with E-state index in [9.17, 15) is 18.4 Å². The van der Waals surface area contributed by atoms with Crippen molar-refractivity contribution in [3.05, 3.63) is 70.1 Å². The number of fused-ring (bicyclic) bond motifs is 1. The van der Waals surface area contributed by atoms with Gasteiger partial charge in [0, 0.05) is 31.1 Å². The topological polar surface area (TPSA) is 69.0 Å². The number of halogens is 2. The van der Waals surface area contributed by atoms with Crippen molar-refractivity contribution < 1.29 is 27.5 Å². The van der Waals surface area contributed by atoms with E-state index in [1.54, 1.807) is 37.4 Å². The Morgan fingerprint density at radius 1 is 1.10 bits per heavy atom. The molecule has 0 fully saturated rings. The van der Waals surface area contributed by atoms with E-state index >= 15 is 0 Å². The van der Waals surface area contributed by atoms with Crippen molar-refractivity contribution in [3.63, 3.8) is 0 Å². The number of ether oxygens (including phenoxy) is 2. The van der Waals surface area contributed by atoms with Crippen LogP contribution < -0.4 is 15.1 Å². The lowest BCUT2D eigenvalue weighted by atomic mass is 10.1. The number of alkyl halides is 2. The molecule has 152 valence electrons. The first-order valence-corrected chi connectivity index (χ1v) is 8.77. The monoisotopic (exact) mass is 403 g/mol. The highest BCUT2D eigenvalue weighted by atomic mass is 19.3. The van der Waals surface area contributed by atoms with Crippen molar-refractivity contribution in [3.8, 4) is 11.5 Å². The van der Waals surface area contributed by atoms with E-state index in [-0.39, 0.29) is 24.8 Å². The molecule has 1 aromatic heterocycles. The fourth-order valence-electron chi connectivity index (χ4n) is 2.79.